The molecule has 0 aliphatic carbocycles. The molecule has 39 heavy (non-hydrogen) atoms. The van der Waals surface area contributed by atoms with Gasteiger partial charge in [-0.05, 0) is 32.9 Å². The fourth-order valence-corrected chi connectivity index (χ4v) is 5.96. The number of aromatic nitrogens is 4. The van der Waals surface area contributed by atoms with E-state index >= 15 is 0 Å². The Hall–Kier alpha value is -3.33. The number of carbonyl (C=O) groups is 1. The second kappa shape index (κ2) is 10.3. The predicted molar refractivity (Wildman–Crippen MR) is 137 cm³/mol. The number of hydrogen-bond acceptors (Lipinski definition) is 13. The largest absolute Gasteiger partial charge is 0.462 e. The van der Waals surface area contributed by atoms with E-state index in [-0.39, 0.29) is 30.2 Å². The molecule has 4 heterocycles. The fourth-order valence-electron chi connectivity index (χ4n) is 4.41. The summed E-state index contributed by atoms with van der Waals surface area (Å²) in [4.78, 5) is 24.7. The van der Waals surface area contributed by atoms with Gasteiger partial charge in [-0.15, -0.1) is 0 Å². The number of esters is 1. The van der Waals surface area contributed by atoms with Crippen molar-refractivity contribution >= 4 is 36.6 Å². The van der Waals surface area contributed by atoms with Crippen LogP contribution in [0.1, 0.15) is 27.0 Å². The van der Waals surface area contributed by atoms with E-state index in [1.807, 2.05) is 0 Å². The van der Waals surface area contributed by atoms with E-state index in [4.69, 9.17) is 34.7 Å². The first-order valence-corrected chi connectivity index (χ1v) is 13.7. The van der Waals surface area contributed by atoms with Gasteiger partial charge in [0.05, 0.1) is 25.6 Å². The Kier molecular flexibility index (Phi) is 7.22. The van der Waals surface area contributed by atoms with Crippen LogP contribution in [0.3, 0.4) is 0 Å². The van der Waals surface area contributed by atoms with Crippen LogP contribution in [0.25, 0.3) is 11.2 Å². The summed E-state index contributed by atoms with van der Waals surface area (Å²) in [7, 11) is -4.21. The third-order valence-electron chi connectivity index (χ3n) is 6.25. The van der Waals surface area contributed by atoms with Crippen molar-refractivity contribution in [1.82, 2.24) is 24.6 Å². The molecule has 0 amide bonds. The van der Waals surface area contributed by atoms with Crippen LogP contribution in [0.2, 0.25) is 0 Å². The van der Waals surface area contributed by atoms with Crippen LogP contribution in [0.5, 0.6) is 5.75 Å². The van der Waals surface area contributed by atoms with E-state index in [9.17, 15) is 14.5 Å². The normalized spacial score (nSPS) is 26.5. The molecular formula is C23H30N7O8P. The zero-order chi connectivity index (χ0) is 27.9. The Balaban J connectivity index is 1.37. The van der Waals surface area contributed by atoms with Gasteiger partial charge in [-0.2, -0.15) is 15.1 Å². The molecule has 2 bridgehead atoms. The molecule has 5 rings (SSSR count). The highest BCUT2D eigenvalue weighted by Crippen LogP contribution is 2.50. The van der Waals surface area contributed by atoms with Crippen LogP contribution in [0.4, 0.5) is 11.8 Å². The number of rotatable bonds is 10. The summed E-state index contributed by atoms with van der Waals surface area (Å²) >= 11 is 0. The number of carbonyl (C=O) groups excluding carboxylic acids is 1. The molecule has 0 saturated carbocycles. The van der Waals surface area contributed by atoms with Gasteiger partial charge < -0.3 is 35.3 Å². The molecule has 0 spiro atoms. The van der Waals surface area contributed by atoms with Crippen LogP contribution >= 0.6 is 7.75 Å². The fraction of sp³-hybridized carbons (Fsp3) is 0.478. The second-order valence-electron chi connectivity index (χ2n) is 9.60. The van der Waals surface area contributed by atoms with Gasteiger partial charge in [0.15, 0.2) is 17.7 Å². The third kappa shape index (κ3) is 5.29. The minimum Gasteiger partial charge on any atom is -0.462 e. The molecule has 2 aliphatic rings. The third-order valence-corrected chi connectivity index (χ3v) is 7.88. The molecule has 3 aromatic rings. The highest BCUT2D eigenvalue weighted by molar-refractivity contribution is 7.52. The first-order chi connectivity index (χ1) is 18.5. The summed E-state index contributed by atoms with van der Waals surface area (Å²) < 4.78 is 44.1. The summed E-state index contributed by atoms with van der Waals surface area (Å²) in [5.41, 5.74) is 10.8. The summed E-state index contributed by atoms with van der Waals surface area (Å²) in [6.45, 7) is 4.41. The quantitative estimate of drug-likeness (QED) is 0.202. The molecule has 210 valence electrons. The number of ether oxygens (including phenoxy) is 3. The minimum absolute atomic E-state index is 0.0559. The summed E-state index contributed by atoms with van der Waals surface area (Å²) in [6.07, 6.45) is -1.83. The lowest BCUT2D eigenvalue weighted by atomic mass is 10.0. The molecule has 6 N–H and O–H groups in total. The van der Waals surface area contributed by atoms with E-state index in [0.717, 1.165) is 0 Å². The SMILES string of the molecule is CC(C)OC(=O)[C@H](C)N[P@](=O)(OC[C@@]12CO[C@@H](C(n3cnc4c(N)nc(N)nc43)O1)[C@@H]2O)Oc1ccccc1. The topological polar surface area (TPSA) is 208 Å². The summed E-state index contributed by atoms with van der Waals surface area (Å²) in [5, 5.41) is 13.7. The molecule has 2 fully saturated rings. The Morgan fingerprint density at radius 1 is 1.28 bits per heavy atom. The average molecular weight is 564 g/mol. The van der Waals surface area contributed by atoms with Gasteiger partial charge in [0.25, 0.3) is 0 Å². The number of para-hydroxylation sites is 1. The number of benzene rings is 1. The van der Waals surface area contributed by atoms with Crippen molar-refractivity contribution in [2.75, 3.05) is 24.7 Å². The molecule has 0 radical (unpaired) electrons. The number of aliphatic hydroxyl groups excluding tert-OH is 1. The van der Waals surface area contributed by atoms with Gasteiger partial charge in [0, 0.05) is 0 Å². The maximum atomic E-state index is 13.9. The van der Waals surface area contributed by atoms with Crippen molar-refractivity contribution in [3.63, 3.8) is 0 Å². The van der Waals surface area contributed by atoms with Crippen molar-refractivity contribution in [2.45, 2.75) is 57.0 Å². The van der Waals surface area contributed by atoms with Gasteiger partial charge in [-0.25, -0.2) is 9.55 Å². The number of aliphatic hydroxyl groups is 1. The van der Waals surface area contributed by atoms with Gasteiger partial charge >= 0.3 is 13.7 Å². The van der Waals surface area contributed by atoms with Crippen LogP contribution in [0, 0.1) is 0 Å². The average Bonchev–Trinajstić information content (AvgIpc) is 3.52. The lowest BCUT2D eigenvalue weighted by molar-refractivity contribution is -0.183. The van der Waals surface area contributed by atoms with E-state index in [2.05, 4.69) is 20.0 Å². The highest BCUT2D eigenvalue weighted by Gasteiger charge is 2.63. The first-order valence-electron chi connectivity index (χ1n) is 12.2. The van der Waals surface area contributed by atoms with Gasteiger partial charge in [-0.1, -0.05) is 18.2 Å². The number of nitrogen functional groups attached to an aromatic ring is 2. The summed E-state index contributed by atoms with van der Waals surface area (Å²) in [5.74, 6) is -0.368. The lowest BCUT2D eigenvalue weighted by Crippen LogP contribution is -2.46. The van der Waals surface area contributed by atoms with E-state index < -0.39 is 50.4 Å². The number of anilines is 2. The van der Waals surface area contributed by atoms with E-state index in [0.29, 0.717) is 11.2 Å². The Bertz CT molecular complexity index is 1410. The maximum Gasteiger partial charge on any atom is 0.459 e. The zero-order valence-corrected chi connectivity index (χ0v) is 22.4. The van der Waals surface area contributed by atoms with Crippen LogP contribution in [0.15, 0.2) is 36.7 Å². The highest BCUT2D eigenvalue weighted by atomic mass is 31.2. The van der Waals surface area contributed by atoms with E-state index in [1.165, 1.54) is 17.8 Å². The Morgan fingerprint density at radius 3 is 2.74 bits per heavy atom. The number of nitrogens with one attached hydrogen (secondary N) is 1. The Labute approximate surface area is 223 Å². The van der Waals surface area contributed by atoms with Gasteiger partial charge in [0.1, 0.15) is 35.1 Å². The predicted octanol–water partition coefficient (Wildman–Crippen LogP) is 1.15. The van der Waals surface area contributed by atoms with Crippen molar-refractivity contribution in [3.8, 4) is 5.75 Å². The summed E-state index contributed by atoms with van der Waals surface area (Å²) in [6, 6.07) is 7.28. The van der Waals surface area contributed by atoms with Crippen LogP contribution < -0.4 is 21.1 Å². The Morgan fingerprint density at radius 2 is 2.03 bits per heavy atom. The number of imidazole rings is 1. The smallest absolute Gasteiger partial charge is 0.459 e. The molecule has 1 aromatic carbocycles. The van der Waals surface area contributed by atoms with E-state index in [1.54, 1.807) is 44.2 Å². The molecule has 2 aliphatic heterocycles. The van der Waals surface area contributed by atoms with Gasteiger partial charge in [0.2, 0.25) is 5.95 Å². The monoisotopic (exact) mass is 563 g/mol. The number of nitrogens with zero attached hydrogens (tertiary/aromatic N) is 4. The number of fused-ring (bicyclic) bond motifs is 3. The maximum absolute atomic E-state index is 13.9. The molecular weight excluding hydrogens is 533 g/mol. The van der Waals surface area contributed by atoms with Crippen molar-refractivity contribution in [2.24, 2.45) is 0 Å². The standard InChI is InChI=1S/C23H30N7O8P/c1-12(2)36-21(32)13(3)29-39(33,38-14-7-5-4-6-8-14)35-10-23-9-34-16(17(23)31)20(37-23)30-11-26-15-18(24)27-22(25)28-19(15)30/h4-8,11-13,16-17,20,31H,9-10H2,1-3H3,(H,29,33)(H4,24,25,27,28)/t13-,16+,17-,20?,23+,39-/m0/s1. The van der Waals surface area contributed by atoms with Crippen molar-refractivity contribution in [3.05, 3.63) is 36.7 Å². The zero-order valence-electron chi connectivity index (χ0n) is 21.5. The van der Waals surface area contributed by atoms with Crippen molar-refractivity contribution in [1.29, 1.82) is 0 Å². The molecule has 2 aromatic heterocycles. The number of hydrogen-bond donors (Lipinski definition) is 4. The lowest BCUT2D eigenvalue weighted by Gasteiger charge is -2.32. The minimum atomic E-state index is -4.21. The van der Waals surface area contributed by atoms with Crippen molar-refractivity contribution < 1.29 is 37.7 Å². The molecule has 2 saturated heterocycles. The first kappa shape index (κ1) is 27.2. The van der Waals surface area contributed by atoms with Crippen LogP contribution in [-0.4, -0.2) is 73.8 Å². The van der Waals surface area contributed by atoms with Gasteiger partial charge in [-0.3, -0.25) is 13.9 Å². The second-order valence-corrected chi connectivity index (χ2v) is 11.3. The van der Waals surface area contributed by atoms with Crippen LogP contribution in [-0.2, 0) is 28.1 Å². The molecule has 16 heteroatoms. The number of nitrogens with two attached hydrogens (primary N) is 2. The molecule has 15 nitrogen and oxygen atoms in total. The molecule has 1 unspecified atom stereocenters. The molecule has 6 atom stereocenters.